The number of nitrogens with two attached hydrogens (primary N) is 1. The summed E-state index contributed by atoms with van der Waals surface area (Å²) in [4.78, 5) is 4.37. The molecule has 3 nitrogen and oxygen atoms in total. The van der Waals surface area contributed by atoms with E-state index in [0.29, 0.717) is 13.2 Å². The standard InChI is InChI=1S/C14H15IN2O/c1-10-2-7-14(13(8-16)17-10)18-9-11-3-5-12(15)6-4-11/h2-7H,8-9,16H2,1H3. The summed E-state index contributed by atoms with van der Waals surface area (Å²) in [5.41, 5.74) is 8.56. The average Bonchev–Trinajstić information content (AvgIpc) is 2.39. The van der Waals surface area contributed by atoms with Gasteiger partial charge in [0.05, 0.1) is 5.69 Å². The Labute approximate surface area is 121 Å². The molecule has 0 saturated carbocycles. The Bertz CT molecular complexity index is 526. The first-order valence-electron chi connectivity index (χ1n) is 5.73. The number of ether oxygens (including phenoxy) is 1. The van der Waals surface area contributed by atoms with Gasteiger partial charge in [-0.2, -0.15) is 0 Å². The van der Waals surface area contributed by atoms with Crippen molar-refractivity contribution in [3.63, 3.8) is 0 Å². The third-order valence-electron chi connectivity index (χ3n) is 2.57. The van der Waals surface area contributed by atoms with Gasteiger partial charge in [0.25, 0.3) is 0 Å². The van der Waals surface area contributed by atoms with E-state index in [4.69, 9.17) is 10.5 Å². The molecule has 4 heteroatoms. The van der Waals surface area contributed by atoms with Gasteiger partial charge in [0, 0.05) is 15.8 Å². The predicted octanol–water partition coefficient (Wildman–Crippen LogP) is 3.03. The highest BCUT2D eigenvalue weighted by atomic mass is 127. The fraction of sp³-hybridized carbons (Fsp3) is 0.214. The summed E-state index contributed by atoms with van der Waals surface area (Å²) in [7, 11) is 0. The average molecular weight is 354 g/mol. The molecule has 0 fully saturated rings. The smallest absolute Gasteiger partial charge is 0.142 e. The van der Waals surface area contributed by atoms with Crippen LogP contribution >= 0.6 is 22.6 Å². The Morgan fingerprint density at radius 1 is 1.17 bits per heavy atom. The number of hydrogen-bond acceptors (Lipinski definition) is 3. The monoisotopic (exact) mass is 354 g/mol. The fourth-order valence-corrected chi connectivity index (χ4v) is 1.98. The first-order valence-corrected chi connectivity index (χ1v) is 6.81. The van der Waals surface area contributed by atoms with Crippen LogP contribution in [0.2, 0.25) is 0 Å². The first-order chi connectivity index (χ1) is 8.69. The topological polar surface area (TPSA) is 48.1 Å². The van der Waals surface area contributed by atoms with Crippen LogP contribution in [0.25, 0.3) is 0 Å². The van der Waals surface area contributed by atoms with Crippen LogP contribution in [0.1, 0.15) is 17.0 Å². The summed E-state index contributed by atoms with van der Waals surface area (Å²) in [6, 6.07) is 12.1. The minimum atomic E-state index is 0.393. The molecule has 0 spiro atoms. The Morgan fingerprint density at radius 3 is 2.56 bits per heavy atom. The number of halogens is 1. The lowest BCUT2D eigenvalue weighted by molar-refractivity contribution is 0.301. The van der Waals surface area contributed by atoms with E-state index < -0.39 is 0 Å². The van der Waals surface area contributed by atoms with Crippen molar-refractivity contribution in [1.82, 2.24) is 4.98 Å². The molecule has 1 aromatic heterocycles. The lowest BCUT2D eigenvalue weighted by Gasteiger charge is -2.10. The van der Waals surface area contributed by atoms with Crippen LogP contribution in [0, 0.1) is 10.5 Å². The number of aromatic nitrogens is 1. The Kier molecular flexibility index (Phi) is 4.54. The summed E-state index contributed by atoms with van der Waals surface area (Å²) < 4.78 is 6.98. The number of pyridine rings is 1. The number of benzene rings is 1. The summed E-state index contributed by atoms with van der Waals surface area (Å²) in [5, 5.41) is 0. The zero-order valence-corrected chi connectivity index (χ0v) is 12.3. The van der Waals surface area contributed by atoms with Crippen molar-refractivity contribution in [3.8, 4) is 5.75 Å². The first kappa shape index (κ1) is 13.3. The van der Waals surface area contributed by atoms with E-state index in [-0.39, 0.29) is 0 Å². The molecule has 0 bridgehead atoms. The van der Waals surface area contributed by atoms with E-state index in [1.807, 2.05) is 19.1 Å². The summed E-state index contributed by atoms with van der Waals surface area (Å²) in [6.07, 6.45) is 0. The SMILES string of the molecule is Cc1ccc(OCc2ccc(I)cc2)c(CN)n1. The number of hydrogen-bond donors (Lipinski definition) is 1. The maximum absolute atomic E-state index is 5.76. The van der Waals surface area contributed by atoms with E-state index in [2.05, 4.69) is 51.8 Å². The molecule has 2 aromatic rings. The fourth-order valence-electron chi connectivity index (χ4n) is 1.62. The molecule has 0 unspecified atom stereocenters. The molecule has 18 heavy (non-hydrogen) atoms. The largest absolute Gasteiger partial charge is 0.487 e. The number of aryl methyl sites for hydroxylation is 1. The van der Waals surface area contributed by atoms with E-state index in [0.717, 1.165) is 22.7 Å². The molecular weight excluding hydrogens is 339 g/mol. The van der Waals surface area contributed by atoms with Crippen molar-refractivity contribution in [2.24, 2.45) is 5.73 Å². The van der Waals surface area contributed by atoms with Crippen LogP contribution in [0.5, 0.6) is 5.75 Å². The van der Waals surface area contributed by atoms with Gasteiger partial charge in [-0.25, -0.2) is 0 Å². The molecule has 0 saturated heterocycles. The van der Waals surface area contributed by atoms with Crippen molar-refractivity contribution in [2.75, 3.05) is 0 Å². The zero-order valence-electron chi connectivity index (χ0n) is 10.2. The molecule has 0 aliphatic carbocycles. The van der Waals surface area contributed by atoms with Crippen LogP contribution in [0.4, 0.5) is 0 Å². The van der Waals surface area contributed by atoms with Crippen molar-refractivity contribution < 1.29 is 4.74 Å². The molecule has 0 radical (unpaired) electrons. The highest BCUT2D eigenvalue weighted by molar-refractivity contribution is 14.1. The molecular formula is C14H15IN2O. The Morgan fingerprint density at radius 2 is 1.89 bits per heavy atom. The minimum Gasteiger partial charge on any atom is -0.487 e. The second kappa shape index (κ2) is 6.15. The van der Waals surface area contributed by atoms with Crippen LogP contribution in [0.3, 0.4) is 0 Å². The van der Waals surface area contributed by atoms with E-state index in [9.17, 15) is 0 Å². The maximum atomic E-state index is 5.76. The maximum Gasteiger partial charge on any atom is 0.142 e. The van der Waals surface area contributed by atoms with Gasteiger partial charge < -0.3 is 10.5 Å². The van der Waals surface area contributed by atoms with Gasteiger partial charge in [-0.3, -0.25) is 4.98 Å². The van der Waals surface area contributed by atoms with Crippen LogP contribution < -0.4 is 10.5 Å². The van der Waals surface area contributed by atoms with Crippen molar-refractivity contribution in [1.29, 1.82) is 0 Å². The molecule has 1 aromatic carbocycles. The van der Waals surface area contributed by atoms with Gasteiger partial charge in [-0.15, -0.1) is 0 Å². The normalized spacial score (nSPS) is 10.4. The molecule has 0 amide bonds. The molecule has 2 N–H and O–H groups in total. The number of nitrogens with zero attached hydrogens (tertiary/aromatic N) is 1. The van der Waals surface area contributed by atoms with E-state index in [1.54, 1.807) is 0 Å². The highest BCUT2D eigenvalue weighted by Gasteiger charge is 2.04. The van der Waals surface area contributed by atoms with Crippen LogP contribution in [-0.2, 0) is 13.2 Å². The molecule has 94 valence electrons. The van der Waals surface area contributed by atoms with Gasteiger partial charge in [0.2, 0.25) is 0 Å². The molecule has 1 heterocycles. The minimum absolute atomic E-state index is 0.393. The molecule has 2 rings (SSSR count). The summed E-state index contributed by atoms with van der Waals surface area (Å²) in [5.74, 6) is 0.765. The van der Waals surface area contributed by atoms with Gasteiger partial charge in [-0.1, -0.05) is 12.1 Å². The van der Waals surface area contributed by atoms with Crippen molar-refractivity contribution >= 4 is 22.6 Å². The van der Waals surface area contributed by atoms with Crippen molar-refractivity contribution in [2.45, 2.75) is 20.1 Å². The number of rotatable bonds is 4. The van der Waals surface area contributed by atoms with Crippen LogP contribution in [-0.4, -0.2) is 4.98 Å². The molecule has 0 atom stereocenters. The second-order valence-corrected chi connectivity index (χ2v) is 5.26. The molecule has 0 aliphatic rings. The summed E-state index contributed by atoms with van der Waals surface area (Å²) >= 11 is 2.28. The quantitative estimate of drug-likeness (QED) is 0.859. The highest BCUT2D eigenvalue weighted by Crippen LogP contribution is 2.18. The predicted molar refractivity (Wildman–Crippen MR) is 80.4 cm³/mol. The lowest BCUT2D eigenvalue weighted by atomic mass is 10.2. The van der Waals surface area contributed by atoms with Crippen molar-refractivity contribution in [3.05, 3.63) is 56.9 Å². The molecule has 0 aliphatic heterocycles. The van der Waals surface area contributed by atoms with Gasteiger partial charge in [-0.05, 0) is 59.3 Å². The van der Waals surface area contributed by atoms with Crippen LogP contribution in [0.15, 0.2) is 36.4 Å². The zero-order chi connectivity index (χ0) is 13.0. The summed E-state index contributed by atoms with van der Waals surface area (Å²) in [6.45, 7) is 2.88. The lowest BCUT2D eigenvalue weighted by Crippen LogP contribution is -2.05. The van der Waals surface area contributed by atoms with Gasteiger partial charge in [0.1, 0.15) is 12.4 Å². The van der Waals surface area contributed by atoms with Gasteiger partial charge >= 0.3 is 0 Å². The second-order valence-electron chi connectivity index (χ2n) is 4.02. The Balaban J connectivity index is 2.08. The van der Waals surface area contributed by atoms with Gasteiger partial charge in [0.15, 0.2) is 0 Å². The third kappa shape index (κ3) is 3.43. The Hall–Kier alpha value is -1.14. The van der Waals surface area contributed by atoms with E-state index in [1.165, 1.54) is 3.57 Å². The van der Waals surface area contributed by atoms with E-state index >= 15 is 0 Å². The third-order valence-corrected chi connectivity index (χ3v) is 3.29.